The van der Waals surface area contributed by atoms with Gasteiger partial charge in [0.25, 0.3) is 0 Å². The topological polar surface area (TPSA) is 32.8 Å². The van der Waals surface area contributed by atoms with Crippen LogP contribution in [-0.2, 0) is 9.53 Å². The number of carbonyl (C=O) groups excluding carboxylic acids is 1. The molecule has 1 fully saturated rings. The van der Waals surface area contributed by atoms with Gasteiger partial charge in [-0.15, -0.1) is 12.3 Å². The van der Waals surface area contributed by atoms with Crippen molar-refractivity contribution in [2.24, 2.45) is 0 Å². The second kappa shape index (κ2) is 7.84. The lowest BCUT2D eigenvalue weighted by Gasteiger charge is -2.36. The van der Waals surface area contributed by atoms with Gasteiger partial charge in [0, 0.05) is 13.1 Å². The van der Waals surface area contributed by atoms with Crippen LogP contribution in [0.5, 0.6) is 0 Å². The zero-order chi connectivity index (χ0) is 14.3. The third-order valence-electron chi connectivity index (χ3n) is 2.93. The highest BCUT2D eigenvalue weighted by Crippen LogP contribution is 2.11. The molecule has 1 aliphatic heterocycles. The Morgan fingerprint density at radius 2 is 2.00 bits per heavy atom. The molecular formula is C15H22N2O2. The Labute approximate surface area is 116 Å². The molecule has 0 aromatic heterocycles. The van der Waals surface area contributed by atoms with E-state index in [1.165, 1.54) is 0 Å². The quantitative estimate of drug-likeness (QED) is 0.695. The molecule has 0 radical (unpaired) electrons. The van der Waals surface area contributed by atoms with Gasteiger partial charge in [-0.1, -0.05) is 11.8 Å². The summed E-state index contributed by atoms with van der Waals surface area (Å²) in [7, 11) is 0. The van der Waals surface area contributed by atoms with E-state index in [1.807, 2.05) is 23.6 Å². The number of terminal acetylenes is 1. The fourth-order valence-corrected chi connectivity index (χ4v) is 2.16. The number of amides is 1. The number of nitrogens with zero attached hydrogens (tertiary/aromatic N) is 2. The molecule has 4 heteroatoms. The van der Waals surface area contributed by atoms with E-state index in [0.717, 1.165) is 0 Å². The first kappa shape index (κ1) is 15.6. The molecule has 0 aromatic rings. The molecule has 0 spiro atoms. The average Bonchev–Trinajstić information content (AvgIpc) is 2.35. The molecule has 0 saturated carbocycles. The van der Waals surface area contributed by atoms with Crippen LogP contribution in [-0.4, -0.2) is 60.6 Å². The van der Waals surface area contributed by atoms with Crippen LogP contribution in [0, 0.1) is 24.2 Å². The van der Waals surface area contributed by atoms with Crippen molar-refractivity contribution >= 4 is 5.91 Å². The Hall–Kier alpha value is -1.49. The molecule has 104 valence electrons. The van der Waals surface area contributed by atoms with Crippen LogP contribution in [0.25, 0.3) is 0 Å². The van der Waals surface area contributed by atoms with E-state index in [2.05, 4.69) is 17.8 Å². The minimum atomic E-state index is 0.0872. The van der Waals surface area contributed by atoms with Crippen LogP contribution in [0.3, 0.4) is 0 Å². The maximum atomic E-state index is 12.2. The molecule has 2 atom stereocenters. The number of hydrogen-bond donors (Lipinski definition) is 0. The van der Waals surface area contributed by atoms with Crippen molar-refractivity contribution in [3.8, 4) is 24.2 Å². The van der Waals surface area contributed by atoms with Gasteiger partial charge in [0.1, 0.15) is 0 Å². The molecule has 19 heavy (non-hydrogen) atoms. The van der Waals surface area contributed by atoms with E-state index in [0.29, 0.717) is 32.7 Å². The SMILES string of the molecule is C#CCN(CC#CC)CC(=O)N1C[C@H](C)O[C@@H](C)C1. The van der Waals surface area contributed by atoms with Crippen molar-refractivity contribution in [2.45, 2.75) is 33.0 Å². The molecule has 0 N–H and O–H groups in total. The van der Waals surface area contributed by atoms with Crippen LogP contribution in [0.15, 0.2) is 0 Å². The minimum absolute atomic E-state index is 0.0872. The van der Waals surface area contributed by atoms with Crippen molar-refractivity contribution in [1.82, 2.24) is 9.80 Å². The van der Waals surface area contributed by atoms with Crippen LogP contribution >= 0.6 is 0 Å². The third-order valence-corrected chi connectivity index (χ3v) is 2.93. The minimum Gasteiger partial charge on any atom is -0.372 e. The fraction of sp³-hybridized carbons (Fsp3) is 0.667. The van der Waals surface area contributed by atoms with E-state index in [1.54, 1.807) is 6.92 Å². The predicted molar refractivity (Wildman–Crippen MR) is 75.3 cm³/mol. The smallest absolute Gasteiger partial charge is 0.236 e. The first-order valence-electron chi connectivity index (χ1n) is 6.55. The number of rotatable bonds is 4. The second-order valence-corrected chi connectivity index (χ2v) is 4.83. The Kier molecular flexibility index (Phi) is 6.42. The Bertz CT molecular complexity index is 393. The molecule has 1 heterocycles. The molecule has 0 aliphatic carbocycles. The zero-order valence-electron chi connectivity index (χ0n) is 12.0. The van der Waals surface area contributed by atoms with Gasteiger partial charge in [-0.3, -0.25) is 9.69 Å². The van der Waals surface area contributed by atoms with Crippen molar-refractivity contribution in [1.29, 1.82) is 0 Å². The molecule has 1 rings (SSSR count). The highest BCUT2D eigenvalue weighted by molar-refractivity contribution is 5.78. The third kappa shape index (κ3) is 5.34. The summed E-state index contributed by atoms with van der Waals surface area (Å²) in [5.41, 5.74) is 0. The molecular weight excluding hydrogens is 240 g/mol. The number of carbonyl (C=O) groups is 1. The Morgan fingerprint density at radius 1 is 1.37 bits per heavy atom. The summed E-state index contributed by atoms with van der Waals surface area (Å²) in [4.78, 5) is 16.0. The molecule has 0 unspecified atom stereocenters. The van der Waals surface area contributed by atoms with Crippen LogP contribution in [0.1, 0.15) is 20.8 Å². The van der Waals surface area contributed by atoms with Gasteiger partial charge in [0.15, 0.2) is 0 Å². The molecule has 4 nitrogen and oxygen atoms in total. The summed E-state index contributed by atoms with van der Waals surface area (Å²) < 4.78 is 5.62. The van der Waals surface area contributed by atoms with Crippen molar-refractivity contribution in [2.75, 3.05) is 32.7 Å². The van der Waals surface area contributed by atoms with Gasteiger partial charge in [-0.05, 0) is 20.8 Å². The number of morpholine rings is 1. The van der Waals surface area contributed by atoms with E-state index in [9.17, 15) is 4.79 Å². The summed E-state index contributed by atoms with van der Waals surface area (Å²) in [5, 5.41) is 0. The summed E-state index contributed by atoms with van der Waals surface area (Å²) in [6.45, 7) is 8.33. The summed E-state index contributed by atoms with van der Waals surface area (Å²) in [6, 6.07) is 0. The molecule has 0 aromatic carbocycles. The average molecular weight is 262 g/mol. The van der Waals surface area contributed by atoms with Gasteiger partial charge < -0.3 is 9.64 Å². The van der Waals surface area contributed by atoms with E-state index in [4.69, 9.17) is 11.2 Å². The van der Waals surface area contributed by atoms with E-state index >= 15 is 0 Å². The fourth-order valence-electron chi connectivity index (χ4n) is 2.16. The first-order chi connectivity index (χ1) is 9.06. The van der Waals surface area contributed by atoms with Crippen molar-refractivity contribution in [3.63, 3.8) is 0 Å². The van der Waals surface area contributed by atoms with Crippen molar-refractivity contribution in [3.05, 3.63) is 0 Å². The molecule has 1 aliphatic rings. The maximum Gasteiger partial charge on any atom is 0.236 e. The highest BCUT2D eigenvalue weighted by atomic mass is 16.5. The van der Waals surface area contributed by atoms with Gasteiger partial charge >= 0.3 is 0 Å². The normalized spacial score (nSPS) is 22.6. The summed E-state index contributed by atoms with van der Waals surface area (Å²) in [6.07, 6.45) is 5.49. The molecule has 0 bridgehead atoms. The largest absolute Gasteiger partial charge is 0.372 e. The van der Waals surface area contributed by atoms with Crippen LogP contribution in [0.2, 0.25) is 0 Å². The van der Waals surface area contributed by atoms with E-state index in [-0.39, 0.29) is 18.1 Å². The number of ether oxygens (including phenoxy) is 1. The maximum absolute atomic E-state index is 12.2. The van der Waals surface area contributed by atoms with Gasteiger partial charge in [-0.25, -0.2) is 0 Å². The van der Waals surface area contributed by atoms with Gasteiger partial charge in [0.05, 0.1) is 31.8 Å². The zero-order valence-corrected chi connectivity index (χ0v) is 12.0. The lowest BCUT2D eigenvalue weighted by Crippen LogP contribution is -2.51. The summed E-state index contributed by atoms with van der Waals surface area (Å²) in [5.74, 6) is 8.42. The molecule has 1 saturated heterocycles. The van der Waals surface area contributed by atoms with Gasteiger partial charge in [-0.2, -0.15) is 0 Å². The van der Waals surface area contributed by atoms with Crippen LogP contribution in [0.4, 0.5) is 0 Å². The monoisotopic (exact) mass is 262 g/mol. The second-order valence-electron chi connectivity index (χ2n) is 4.83. The number of hydrogen-bond acceptors (Lipinski definition) is 3. The van der Waals surface area contributed by atoms with E-state index < -0.39 is 0 Å². The Morgan fingerprint density at radius 3 is 2.53 bits per heavy atom. The first-order valence-corrected chi connectivity index (χ1v) is 6.55. The summed E-state index contributed by atoms with van der Waals surface area (Å²) >= 11 is 0. The Balaban J connectivity index is 2.55. The molecule has 1 amide bonds. The van der Waals surface area contributed by atoms with Gasteiger partial charge in [0.2, 0.25) is 5.91 Å². The standard InChI is InChI=1S/C15H22N2O2/c1-5-7-9-16(8-6-2)12-15(18)17-10-13(3)19-14(4)11-17/h2,13-14H,8-12H2,1,3-4H3/t13-,14-/m0/s1. The van der Waals surface area contributed by atoms with Crippen molar-refractivity contribution < 1.29 is 9.53 Å². The predicted octanol–water partition coefficient (Wildman–Crippen LogP) is 0.581. The lowest BCUT2D eigenvalue weighted by atomic mass is 10.2. The highest BCUT2D eigenvalue weighted by Gasteiger charge is 2.26. The lowest BCUT2D eigenvalue weighted by molar-refractivity contribution is -0.144. The van der Waals surface area contributed by atoms with Crippen LogP contribution < -0.4 is 0 Å².